The zero-order valence-electron chi connectivity index (χ0n) is 10.4. The number of halogens is 1. The van der Waals surface area contributed by atoms with Crippen LogP contribution in [0.3, 0.4) is 0 Å². The Morgan fingerprint density at radius 2 is 2.06 bits per heavy atom. The Morgan fingerprint density at radius 3 is 2.65 bits per heavy atom. The van der Waals surface area contributed by atoms with Gasteiger partial charge < -0.3 is 15.0 Å². The second kappa shape index (κ2) is 4.59. The van der Waals surface area contributed by atoms with E-state index in [-0.39, 0.29) is 0 Å². The molecule has 0 unspecified atom stereocenters. The molecule has 0 amide bonds. The molecule has 92 valence electrons. The second-order valence-electron chi connectivity index (χ2n) is 4.12. The van der Waals surface area contributed by atoms with Crippen LogP contribution in [0.2, 0.25) is 5.02 Å². The van der Waals surface area contributed by atoms with E-state index in [2.05, 4.69) is 18.4 Å². The van der Waals surface area contributed by atoms with Crippen LogP contribution in [0.15, 0.2) is 12.1 Å². The van der Waals surface area contributed by atoms with Crippen molar-refractivity contribution >= 4 is 22.5 Å². The van der Waals surface area contributed by atoms with Crippen molar-refractivity contribution in [2.75, 3.05) is 13.7 Å². The lowest BCUT2D eigenvalue weighted by molar-refractivity contribution is 0.419. The first-order valence-electron chi connectivity index (χ1n) is 5.63. The first-order chi connectivity index (χ1) is 8.11. The molecule has 2 rings (SSSR count). The summed E-state index contributed by atoms with van der Waals surface area (Å²) in [5.41, 5.74) is 9.07. The summed E-state index contributed by atoms with van der Waals surface area (Å²) in [6.07, 6.45) is 0. The fraction of sp³-hybridized carbons (Fsp3) is 0.385. The number of nitrogens with zero attached hydrogens (tertiary/aromatic N) is 1. The van der Waals surface area contributed by atoms with E-state index in [0.717, 1.165) is 28.2 Å². The molecule has 0 atom stereocenters. The van der Waals surface area contributed by atoms with Crippen LogP contribution >= 0.6 is 11.6 Å². The van der Waals surface area contributed by atoms with Gasteiger partial charge in [0.05, 0.1) is 17.6 Å². The zero-order valence-corrected chi connectivity index (χ0v) is 11.1. The second-order valence-corrected chi connectivity index (χ2v) is 4.53. The number of hydrogen-bond donors (Lipinski definition) is 1. The van der Waals surface area contributed by atoms with Crippen LogP contribution in [0.4, 0.5) is 0 Å². The molecule has 2 N–H and O–H groups in total. The SMILES string of the molecule is COc1ccc(Cl)c2c1c(C)c(C)n2CCN. The molecule has 1 aromatic carbocycles. The Labute approximate surface area is 106 Å². The van der Waals surface area contributed by atoms with Crippen molar-refractivity contribution in [2.45, 2.75) is 20.4 Å². The number of fused-ring (bicyclic) bond motifs is 1. The van der Waals surface area contributed by atoms with Crippen LogP contribution in [0.1, 0.15) is 11.3 Å². The predicted molar refractivity (Wildman–Crippen MR) is 72.0 cm³/mol. The number of hydrogen-bond acceptors (Lipinski definition) is 2. The van der Waals surface area contributed by atoms with E-state index in [1.54, 1.807) is 7.11 Å². The van der Waals surface area contributed by atoms with E-state index >= 15 is 0 Å². The van der Waals surface area contributed by atoms with Crippen molar-refractivity contribution in [3.63, 3.8) is 0 Å². The third-order valence-electron chi connectivity index (χ3n) is 3.26. The summed E-state index contributed by atoms with van der Waals surface area (Å²) in [5, 5.41) is 1.83. The van der Waals surface area contributed by atoms with Gasteiger partial charge in [0.25, 0.3) is 0 Å². The number of aryl methyl sites for hydroxylation is 1. The molecule has 0 saturated heterocycles. The van der Waals surface area contributed by atoms with Crippen molar-refractivity contribution < 1.29 is 4.74 Å². The van der Waals surface area contributed by atoms with Crippen LogP contribution in [-0.4, -0.2) is 18.2 Å². The summed E-state index contributed by atoms with van der Waals surface area (Å²) in [7, 11) is 1.68. The van der Waals surface area contributed by atoms with Crippen molar-refractivity contribution in [1.29, 1.82) is 0 Å². The third-order valence-corrected chi connectivity index (χ3v) is 3.56. The first kappa shape index (κ1) is 12.3. The molecule has 1 heterocycles. The molecule has 0 fully saturated rings. The molecule has 2 aromatic rings. The van der Waals surface area contributed by atoms with E-state index in [9.17, 15) is 0 Å². The number of methoxy groups -OCH3 is 1. The molecule has 0 aliphatic carbocycles. The van der Waals surface area contributed by atoms with Crippen LogP contribution < -0.4 is 10.5 Å². The van der Waals surface area contributed by atoms with Crippen molar-refractivity contribution in [1.82, 2.24) is 4.57 Å². The van der Waals surface area contributed by atoms with Crippen molar-refractivity contribution in [3.8, 4) is 5.75 Å². The molecular weight excluding hydrogens is 236 g/mol. The van der Waals surface area contributed by atoms with Crippen LogP contribution in [-0.2, 0) is 6.54 Å². The molecule has 0 aliphatic rings. The zero-order chi connectivity index (χ0) is 12.6. The van der Waals surface area contributed by atoms with Gasteiger partial charge in [-0.05, 0) is 31.5 Å². The minimum atomic E-state index is 0.595. The Kier molecular flexibility index (Phi) is 3.31. The van der Waals surface area contributed by atoms with Crippen LogP contribution in [0, 0.1) is 13.8 Å². The largest absolute Gasteiger partial charge is 0.496 e. The number of ether oxygens (including phenoxy) is 1. The maximum absolute atomic E-state index is 6.29. The van der Waals surface area contributed by atoms with E-state index in [1.807, 2.05) is 12.1 Å². The lowest BCUT2D eigenvalue weighted by Crippen LogP contribution is -2.11. The molecule has 0 bridgehead atoms. The molecule has 3 nitrogen and oxygen atoms in total. The summed E-state index contributed by atoms with van der Waals surface area (Å²) in [6.45, 7) is 5.53. The summed E-state index contributed by atoms with van der Waals surface area (Å²) < 4.78 is 7.57. The minimum absolute atomic E-state index is 0.595. The fourth-order valence-corrected chi connectivity index (χ4v) is 2.56. The Hall–Kier alpha value is -1.19. The van der Waals surface area contributed by atoms with E-state index < -0.39 is 0 Å². The number of rotatable bonds is 3. The van der Waals surface area contributed by atoms with Gasteiger partial charge in [0.2, 0.25) is 0 Å². The highest BCUT2D eigenvalue weighted by Gasteiger charge is 2.16. The van der Waals surface area contributed by atoms with Gasteiger partial charge in [-0.3, -0.25) is 0 Å². The molecule has 0 aliphatic heterocycles. The average molecular weight is 253 g/mol. The summed E-state index contributed by atoms with van der Waals surface area (Å²) in [4.78, 5) is 0. The predicted octanol–water partition coefficient (Wildman–Crippen LogP) is 2.88. The molecule has 1 aromatic heterocycles. The van der Waals surface area contributed by atoms with Gasteiger partial charge in [-0.1, -0.05) is 11.6 Å². The minimum Gasteiger partial charge on any atom is -0.496 e. The lowest BCUT2D eigenvalue weighted by atomic mass is 10.1. The van der Waals surface area contributed by atoms with Gasteiger partial charge >= 0.3 is 0 Å². The normalized spacial score (nSPS) is 11.1. The molecule has 0 saturated carbocycles. The van der Waals surface area contributed by atoms with Gasteiger partial charge in [-0.15, -0.1) is 0 Å². The van der Waals surface area contributed by atoms with E-state index in [1.165, 1.54) is 11.3 Å². The number of benzene rings is 1. The third kappa shape index (κ3) is 1.79. The highest BCUT2D eigenvalue weighted by Crippen LogP contribution is 2.37. The van der Waals surface area contributed by atoms with Crippen LogP contribution in [0.25, 0.3) is 10.9 Å². The van der Waals surface area contributed by atoms with Crippen molar-refractivity contribution in [3.05, 3.63) is 28.4 Å². The molecule has 0 spiro atoms. The molecule has 4 heteroatoms. The smallest absolute Gasteiger partial charge is 0.128 e. The van der Waals surface area contributed by atoms with E-state index in [0.29, 0.717) is 6.54 Å². The highest BCUT2D eigenvalue weighted by molar-refractivity contribution is 6.35. The highest BCUT2D eigenvalue weighted by atomic mass is 35.5. The van der Waals surface area contributed by atoms with Gasteiger partial charge in [0.15, 0.2) is 0 Å². The topological polar surface area (TPSA) is 40.2 Å². The van der Waals surface area contributed by atoms with Gasteiger partial charge in [0.1, 0.15) is 5.75 Å². The Balaban J connectivity index is 2.87. The molecule has 17 heavy (non-hydrogen) atoms. The standard InChI is InChI=1S/C13H17ClN2O/c1-8-9(2)16(7-6-15)13-10(14)4-5-11(17-3)12(8)13/h4-5H,6-7,15H2,1-3H3. The van der Waals surface area contributed by atoms with Gasteiger partial charge in [-0.25, -0.2) is 0 Å². The Bertz CT molecular complexity index is 560. The van der Waals surface area contributed by atoms with Gasteiger partial charge in [-0.2, -0.15) is 0 Å². The van der Waals surface area contributed by atoms with E-state index in [4.69, 9.17) is 22.1 Å². The number of aromatic nitrogens is 1. The maximum atomic E-state index is 6.29. The monoisotopic (exact) mass is 252 g/mol. The maximum Gasteiger partial charge on any atom is 0.128 e. The fourth-order valence-electron chi connectivity index (χ4n) is 2.30. The van der Waals surface area contributed by atoms with Crippen LogP contribution in [0.5, 0.6) is 5.75 Å². The van der Waals surface area contributed by atoms with Gasteiger partial charge in [0, 0.05) is 24.2 Å². The van der Waals surface area contributed by atoms with Crippen molar-refractivity contribution in [2.24, 2.45) is 5.73 Å². The quantitative estimate of drug-likeness (QED) is 0.913. The molecule has 0 radical (unpaired) electrons. The summed E-state index contributed by atoms with van der Waals surface area (Å²) >= 11 is 6.29. The first-order valence-corrected chi connectivity index (χ1v) is 6.01. The summed E-state index contributed by atoms with van der Waals surface area (Å²) in [6, 6.07) is 3.78. The Morgan fingerprint density at radius 1 is 1.35 bits per heavy atom. The molecular formula is C13H17ClN2O. The number of nitrogens with two attached hydrogens (primary N) is 1. The lowest BCUT2D eigenvalue weighted by Gasteiger charge is -2.08. The average Bonchev–Trinajstić information content (AvgIpc) is 2.57. The summed E-state index contributed by atoms with van der Waals surface area (Å²) in [5.74, 6) is 0.862.